The van der Waals surface area contributed by atoms with E-state index < -0.39 is 0 Å². The summed E-state index contributed by atoms with van der Waals surface area (Å²) < 4.78 is 0. The molecule has 0 bridgehead atoms. The lowest BCUT2D eigenvalue weighted by atomic mass is 10.1. The number of nitrogens with one attached hydrogen (secondary N) is 2. The van der Waals surface area contributed by atoms with Crippen molar-refractivity contribution in [1.29, 1.82) is 0 Å². The van der Waals surface area contributed by atoms with Crippen LogP contribution in [-0.4, -0.2) is 10.9 Å². The Labute approximate surface area is 171 Å². The third-order valence-corrected chi connectivity index (χ3v) is 5.52. The average molecular weight is 409 g/mol. The molecule has 1 heterocycles. The van der Waals surface area contributed by atoms with E-state index in [1.807, 2.05) is 36.4 Å². The summed E-state index contributed by atoms with van der Waals surface area (Å²) in [4.78, 5) is 17.4. The Morgan fingerprint density at radius 3 is 2.71 bits per heavy atom. The number of hydrogen-bond acceptors (Lipinski definition) is 5. The van der Waals surface area contributed by atoms with Gasteiger partial charge in [-0.25, -0.2) is 4.98 Å². The minimum absolute atomic E-state index is 0.271. The molecule has 140 valence electrons. The lowest BCUT2D eigenvalue weighted by Crippen LogP contribution is -2.13. The number of carbonyl (C=O) groups excluding carboxylic acids is 1. The van der Waals surface area contributed by atoms with E-state index in [1.54, 1.807) is 18.3 Å². The molecule has 3 aromatic carbocycles. The van der Waals surface area contributed by atoms with Gasteiger partial charge >= 0.3 is 0 Å². The maximum Gasteiger partial charge on any atom is 0.267 e. The molecule has 0 atom stereocenters. The number of hydrogen-bond donors (Lipinski definition) is 3. The second kappa shape index (κ2) is 7.98. The molecule has 1 aromatic heterocycles. The summed E-state index contributed by atoms with van der Waals surface area (Å²) in [6.45, 7) is 0.285. The van der Waals surface area contributed by atoms with Gasteiger partial charge in [-0.2, -0.15) is 0 Å². The fourth-order valence-electron chi connectivity index (χ4n) is 2.88. The summed E-state index contributed by atoms with van der Waals surface area (Å²) in [5.74, 6) is -0.271. The molecule has 0 unspecified atom stereocenters. The molecule has 4 N–H and O–H groups in total. The molecule has 0 aliphatic heterocycles. The van der Waals surface area contributed by atoms with Crippen LogP contribution in [0.4, 0.5) is 16.5 Å². The molecular weight excluding hydrogens is 392 g/mol. The van der Waals surface area contributed by atoms with Crippen LogP contribution in [0, 0.1) is 0 Å². The number of carbonyl (C=O) groups is 1. The van der Waals surface area contributed by atoms with E-state index in [4.69, 9.17) is 17.3 Å². The van der Waals surface area contributed by atoms with E-state index in [0.717, 1.165) is 16.6 Å². The SMILES string of the molecule is NCc1cccc(Cl)c1NC(=O)c1cnc(Nc2ccc3ccccc3c2)s1. The Balaban J connectivity index is 1.51. The van der Waals surface area contributed by atoms with Crippen LogP contribution in [-0.2, 0) is 6.54 Å². The van der Waals surface area contributed by atoms with Crippen LogP contribution in [0.15, 0.2) is 66.9 Å². The first-order valence-corrected chi connectivity index (χ1v) is 9.84. The van der Waals surface area contributed by atoms with Gasteiger partial charge in [-0.1, -0.05) is 65.4 Å². The molecule has 28 heavy (non-hydrogen) atoms. The molecule has 1 amide bonds. The lowest BCUT2D eigenvalue weighted by molar-refractivity contribution is 0.103. The maximum absolute atomic E-state index is 12.6. The molecular formula is C21H17ClN4OS. The smallest absolute Gasteiger partial charge is 0.267 e. The quantitative estimate of drug-likeness (QED) is 0.412. The van der Waals surface area contributed by atoms with E-state index >= 15 is 0 Å². The van der Waals surface area contributed by atoms with E-state index in [0.29, 0.717) is 20.7 Å². The number of amides is 1. The van der Waals surface area contributed by atoms with Crippen molar-refractivity contribution in [2.24, 2.45) is 5.73 Å². The Kier molecular flexibility index (Phi) is 5.25. The maximum atomic E-state index is 12.6. The summed E-state index contributed by atoms with van der Waals surface area (Å²) in [6.07, 6.45) is 1.54. The predicted octanol–water partition coefficient (Wildman–Crippen LogP) is 5.40. The highest BCUT2D eigenvalue weighted by Gasteiger charge is 2.15. The molecule has 4 rings (SSSR count). The first kappa shape index (κ1) is 18.4. The van der Waals surface area contributed by atoms with Gasteiger partial charge in [-0.15, -0.1) is 0 Å². The number of benzene rings is 3. The normalized spacial score (nSPS) is 10.8. The van der Waals surface area contributed by atoms with Gasteiger partial charge in [0, 0.05) is 12.2 Å². The van der Waals surface area contributed by atoms with Crippen LogP contribution in [0.25, 0.3) is 10.8 Å². The number of anilines is 3. The molecule has 7 heteroatoms. The zero-order valence-electron chi connectivity index (χ0n) is 14.8. The third kappa shape index (κ3) is 3.84. The van der Waals surface area contributed by atoms with Crippen LogP contribution in [0.3, 0.4) is 0 Å². The van der Waals surface area contributed by atoms with Gasteiger partial charge in [0.05, 0.1) is 16.9 Å². The molecule has 4 aromatic rings. The van der Waals surface area contributed by atoms with Crippen molar-refractivity contribution in [3.05, 3.63) is 82.3 Å². The van der Waals surface area contributed by atoms with E-state index in [1.165, 1.54) is 16.7 Å². The van der Waals surface area contributed by atoms with Crippen LogP contribution in [0.5, 0.6) is 0 Å². The van der Waals surface area contributed by atoms with Crippen molar-refractivity contribution in [2.75, 3.05) is 10.6 Å². The molecule has 5 nitrogen and oxygen atoms in total. The summed E-state index contributed by atoms with van der Waals surface area (Å²) in [7, 11) is 0. The first-order valence-electron chi connectivity index (χ1n) is 8.64. The Hall–Kier alpha value is -2.93. The van der Waals surface area contributed by atoms with E-state index in [-0.39, 0.29) is 12.5 Å². The predicted molar refractivity (Wildman–Crippen MR) is 117 cm³/mol. The number of fused-ring (bicyclic) bond motifs is 1. The van der Waals surface area contributed by atoms with Crippen LogP contribution < -0.4 is 16.4 Å². The summed E-state index contributed by atoms with van der Waals surface area (Å²) in [5, 5.41) is 9.48. The Bertz CT molecular complexity index is 1160. The number of aromatic nitrogens is 1. The number of thiazole rings is 1. The zero-order valence-corrected chi connectivity index (χ0v) is 16.3. The summed E-state index contributed by atoms with van der Waals surface area (Å²) >= 11 is 7.48. The molecule has 0 aliphatic carbocycles. The van der Waals surface area contributed by atoms with Crippen molar-refractivity contribution in [3.63, 3.8) is 0 Å². The summed E-state index contributed by atoms with van der Waals surface area (Å²) in [6, 6.07) is 19.6. The molecule has 0 fully saturated rings. The van der Waals surface area contributed by atoms with Crippen LogP contribution in [0.2, 0.25) is 5.02 Å². The van der Waals surface area contributed by atoms with Crippen molar-refractivity contribution < 1.29 is 4.79 Å². The van der Waals surface area contributed by atoms with Gasteiger partial charge in [-0.05, 0) is 34.5 Å². The molecule has 0 saturated carbocycles. The minimum atomic E-state index is -0.271. The standard InChI is InChI=1S/C21H17ClN4OS/c22-17-7-3-6-15(11-23)19(17)26-20(27)18-12-24-21(28-18)25-16-9-8-13-4-1-2-5-14(13)10-16/h1-10,12H,11,23H2,(H,24,25)(H,26,27). The van der Waals surface area contributed by atoms with Crippen molar-refractivity contribution in [3.8, 4) is 0 Å². The van der Waals surface area contributed by atoms with Crippen LogP contribution in [0.1, 0.15) is 15.2 Å². The van der Waals surface area contributed by atoms with E-state index in [2.05, 4.69) is 27.8 Å². The van der Waals surface area contributed by atoms with E-state index in [9.17, 15) is 4.79 Å². The fraction of sp³-hybridized carbons (Fsp3) is 0.0476. The topological polar surface area (TPSA) is 80.0 Å². The highest BCUT2D eigenvalue weighted by Crippen LogP contribution is 2.29. The largest absolute Gasteiger partial charge is 0.332 e. The Morgan fingerprint density at radius 2 is 1.89 bits per heavy atom. The monoisotopic (exact) mass is 408 g/mol. The molecule has 0 aliphatic rings. The number of halogens is 1. The van der Waals surface area contributed by atoms with Gasteiger partial charge in [0.25, 0.3) is 5.91 Å². The van der Waals surface area contributed by atoms with Gasteiger partial charge in [-0.3, -0.25) is 4.79 Å². The zero-order chi connectivity index (χ0) is 19.5. The molecule has 0 saturated heterocycles. The molecule has 0 radical (unpaired) electrons. The van der Waals surface area contributed by atoms with Gasteiger partial charge in [0.15, 0.2) is 5.13 Å². The second-order valence-electron chi connectivity index (χ2n) is 6.15. The minimum Gasteiger partial charge on any atom is -0.332 e. The number of nitrogens with zero attached hydrogens (tertiary/aromatic N) is 1. The van der Waals surface area contributed by atoms with Gasteiger partial charge < -0.3 is 16.4 Å². The lowest BCUT2D eigenvalue weighted by Gasteiger charge is -2.10. The number of para-hydroxylation sites is 1. The third-order valence-electron chi connectivity index (χ3n) is 4.29. The highest BCUT2D eigenvalue weighted by atomic mass is 35.5. The number of nitrogens with two attached hydrogens (primary N) is 1. The summed E-state index contributed by atoms with van der Waals surface area (Å²) in [5.41, 5.74) is 7.96. The highest BCUT2D eigenvalue weighted by molar-refractivity contribution is 7.17. The first-order chi connectivity index (χ1) is 13.6. The van der Waals surface area contributed by atoms with Crippen LogP contribution >= 0.6 is 22.9 Å². The van der Waals surface area contributed by atoms with Crippen molar-refractivity contribution in [1.82, 2.24) is 4.98 Å². The van der Waals surface area contributed by atoms with Crippen molar-refractivity contribution >= 4 is 56.1 Å². The second-order valence-corrected chi connectivity index (χ2v) is 7.59. The van der Waals surface area contributed by atoms with Crippen molar-refractivity contribution in [2.45, 2.75) is 6.54 Å². The van der Waals surface area contributed by atoms with Gasteiger partial charge in [0.2, 0.25) is 0 Å². The average Bonchev–Trinajstić information content (AvgIpc) is 3.18. The fourth-order valence-corrected chi connectivity index (χ4v) is 3.85. The van der Waals surface area contributed by atoms with Gasteiger partial charge in [0.1, 0.15) is 4.88 Å². The number of rotatable bonds is 5. The molecule has 0 spiro atoms. The Morgan fingerprint density at radius 1 is 1.07 bits per heavy atom.